The zero-order valence-electron chi connectivity index (χ0n) is 17.2. The molecule has 1 heterocycles. The molecule has 0 saturated heterocycles. The molecular formula is C28H21NOS. The maximum Gasteiger partial charge on any atom is 0.169 e. The van der Waals surface area contributed by atoms with E-state index in [0.29, 0.717) is 0 Å². The number of hydrogen-bond donors (Lipinski definition) is 0. The number of carbonyl (C=O) groups excluding carboxylic acids is 1. The van der Waals surface area contributed by atoms with Crippen molar-refractivity contribution in [3.8, 4) is 11.1 Å². The number of benzene rings is 4. The van der Waals surface area contributed by atoms with E-state index in [2.05, 4.69) is 83.8 Å². The molecule has 0 N–H and O–H groups in total. The Bertz CT molecular complexity index is 1350. The second-order valence-electron chi connectivity index (χ2n) is 7.42. The van der Waals surface area contributed by atoms with E-state index in [1.54, 1.807) is 18.3 Å². The lowest BCUT2D eigenvalue weighted by Crippen LogP contribution is -2.09. The summed E-state index contributed by atoms with van der Waals surface area (Å²) in [4.78, 5) is 15.4. The van der Waals surface area contributed by atoms with E-state index in [9.17, 15) is 4.79 Å². The van der Waals surface area contributed by atoms with Crippen molar-refractivity contribution in [3.05, 3.63) is 114 Å². The van der Waals surface area contributed by atoms with Gasteiger partial charge >= 0.3 is 0 Å². The van der Waals surface area contributed by atoms with Gasteiger partial charge < -0.3 is 4.90 Å². The molecule has 0 radical (unpaired) electrons. The maximum atomic E-state index is 12.3. The van der Waals surface area contributed by atoms with Gasteiger partial charge in [-0.05, 0) is 42.1 Å². The highest BCUT2D eigenvalue weighted by Crippen LogP contribution is 2.47. The van der Waals surface area contributed by atoms with Gasteiger partial charge in [0.05, 0.1) is 10.6 Å². The van der Waals surface area contributed by atoms with Crippen LogP contribution in [0.4, 0.5) is 16.4 Å². The number of thiophene rings is 1. The smallest absolute Gasteiger partial charge is 0.169 e. The van der Waals surface area contributed by atoms with Crippen LogP contribution in [0.2, 0.25) is 0 Å². The fraction of sp³-hybridized carbons (Fsp3) is 0.0357. The molecule has 3 heteroatoms. The molecule has 4 aromatic carbocycles. The van der Waals surface area contributed by atoms with Crippen molar-refractivity contribution < 1.29 is 4.79 Å². The van der Waals surface area contributed by atoms with Crippen molar-refractivity contribution in [2.24, 2.45) is 0 Å². The molecule has 0 fully saturated rings. The minimum absolute atomic E-state index is 0.0827. The largest absolute Gasteiger partial charge is 0.301 e. The highest BCUT2D eigenvalue weighted by Gasteiger charge is 2.23. The standard InChI is InChI=1S/C28H21NOS/c1-20(30)27-19-25(22-11-4-2-5-12-22)28(31-27)29(23-15-6-3-7-16-23)26-18-10-14-21-13-8-9-17-24(21)26/h2-19H,1H3. The zero-order valence-corrected chi connectivity index (χ0v) is 18.0. The summed E-state index contributed by atoms with van der Waals surface area (Å²) in [7, 11) is 0. The molecule has 31 heavy (non-hydrogen) atoms. The number of ketones is 1. The van der Waals surface area contributed by atoms with E-state index in [1.165, 1.54) is 10.8 Å². The van der Waals surface area contributed by atoms with Gasteiger partial charge in [0.15, 0.2) is 5.78 Å². The lowest BCUT2D eigenvalue weighted by atomic mass is 10.0. The summed E-state index contributed by atoms with van der Waals surface area (Å²) < 4.78 is 0. The van der Waals surface area contributed by atoms with E-state index < -0.39 is 0 Å². The Balaban J connectivity index is 1.82. The monoisotopic (exact) mass is 419 g/mol. The first kappa shape index (κ1) is 19.3. The summed E-state index contributed by atoms with van der Waals surface area (Å²) in [6.45, 7) is 1.63. The molecule has 0 bridgehead atoms. The Morgan fingerprint density at radius 3 is 2.13 bits per heavy atom. The molecule has 1 aromatic heterocycles. The van der Waals surface area contributed by atoms with Gasteiger partial charge in [0, 0.05) is 16.6 Å². The molecule has 2 nitrogen and oxygen atoms in total. The van der Waals surface area contributed by atoms with Crippen molar-refractivity contribution in [1.29, 1.82) is 0 Å². The van der Waals surface area contributed by atoms with Crippen LogP contribution in [0.25, 0.3) is 21.9 Å². The highest BCUT2D eigenvalue weighted by molar-refractivity contribution is 7.18. The Morgan fingerprint density at radius 1 is 0.742 bits per heavy atom. The van der Waals surface area contributed by atoms with Crippen molar-refractivity contribution in [3.63, 3.8) is 0 Å². The van der Waals surface area contributed by atoms with Gasteiger partial charge in [-0.2, -0.15) is 0 Å². The minimum Gasteiger partial charge on any atom is -0.301 e. The second-order valence-corrected chi connectivity index (χ2v) is 8.45. The maximum absolute atomic E-state index is 12.3. The summed E-state index contributed by atoms with van der Waals surface area (Å²) in [5.74, 6) is 0.0827. The van der Waals surface area contributed by atoms with Crippen LogP contribution in [-0.2, 0) is 0 Å². The van der Waals surface area contributed by atoms with Crippen LogP contribution >= 0.6 is 11.3 Å². The van der Waals surface area contributed by atoms with Gasteiger partial charge in [-0.15, -0.1) is 11.3 Å². The number of nitrogens with zero attached hydrogens (tertiary/aromatic N) is 1. The Morgan fingerprint density at radius 2 is 1.39 bits per heavy atom. The third kappa shape index (κ3) is 3.65. The fourth-order valence-corrected chi connectivity index (χ4v) is 5.00. The average Bonchev–Trinajstić information content (AvgIpc) is 3.26. The van der Waals surface area contributed by atoms with Crippen LogP contribution in [0, 0.1) is 0 Å². The molecule has 150 valence electrons. The number of rotatable bonds is 5. The highest BCUT2D eigenvalue weighted by atomic mass is 32.1. The lowest BCUT2D eigenvalue weighted by Gasteiger charge is -2.26. The lowest BCUT2D eigenvalue weighted by molar-refractivity contribution is 0.102. The Kier molecular flexibility index (Phi) is 5.11. The minimum atomic E-state index is 0.0827. The first-order valence-electron chi connectivity index (χ1n) is 10.3. The third-order valence-corrected chi connectivity index (χ3v) is 6.59. The predicted molar refractivity (Wildman–Crippen MR) is 132 cm³/mol. The van der Waals surface area contributed by atoms with Gasteiger partial charge in [-0.1, -0.05) is 84.9 Å². The van der Waals surface area contributed by atoms with Crippen LogP contribution in [-0.4, -0.2) is 5.78 Å². The Hall–Kier alpha value is -3.69. The van der Waals surface area contributed by atoms with E-state index in [4.69, 9.17) is 0 Å². The molecule has 0 atom stereocenters. The van der Waals surface area contributed by atoms with Crippen molar-refractivity contribution >= 4 is 44.3 Å². The number of hydrogen-bond acceptors (Lipinski definition) is 3. The molecule has 0 unspecified atom stereocenters. The quantitative estimate of drug-likeness (QED) is 0.267. The van der Waals surface area contributed by atoms with Crippen LogP contribution in [0.1, 0.15) is 16.6 Å². The van der Waals surface area contributed by atoms with Crippen LogP contribution in [0.3, 0.4) is 0 Å². The first-order valence-corrected chi connectivity index (χ1v) is 11.1. The zero-order chi connectivity index (χ0) is 21.2. The molecule has 5 aromatic rings. The first-order chi connectivity index (χ1) is 15.2. The molecule has 0 spiro atoms. The number of carbonyl (C=O) groups is 1. The predicted octanol–water partition coefficient (Wildman–Crippen LogP) is 8.24. The van der Waals surface area contributed by atoms with Crippen LogP contribution < -0.4 is 4.90 Å². The van der Waals surface area contributed by atoms with Gasteiger partial charge in [-0.3, -0.25) is 4.79 Å². The summed E-state index contributed by atoms with van der Waals surface area (Å²) >= 11 is 1.55. The third-order valence-electron chi connectivity index (χ3n) is 5.37. The van der Waals surface area contributed by atoms with Crippen molar-refractivity contribution in [2.75, 3.05) is 4.90 Å². The molecule has 0 amide bonds. The second kappa shape index (κ2) is 8.21. The van der Waals surface area contributed by atoms with E-state index >= 15 is 0 Å². The summed E-state index contributed by atoms with van der Waals surface area (Å²) in [5.41, 5.74) is 4.32. The van der Waals surface area contributed by atoms with Crippen LogP contribution in [0.15, 0.2) is 109 Å². The van der Waals surface area contributed by atoms with Gasteiger partial charge in [0.2, 0.25) is 0 Å². The number of fused-ring (bicyclic) bond motifs is 1. The Labute approximate surface area is 186 Å². The molecule has 0 aliphatic carbocycles. The molecule has 0 saturated carbocycles. The summed E-state index contributed by atoms with van der Waals surface area (Å²) in [5, 5.41) is 3.40. The molecule has 0 aliphatic rings. The van der Waals surface area contributed by atoms with Crippen molar-refractivity contribution in [1.82, 2.24) is 0 Å². The van der Waals surface area contributed by atoms with Gasteiger partial charge in [0.25, 0.3) is 0 Å². The van der Waals surface area contributed by atoms with E-state index in [-0.39, 0.29) is 5.78 Å². The van der Waals surface area contributed by atoms with E-state index in [0.717, 1.165) is 32.4 Å². The molecule has 0 aliphatic heterocycles. The SMILES string of the molecule is CC(=O)c1cc(-c2ccccc2)c(N(c2ccccc2)c2cccc3ccccc23)s1. The topological polar surface area (TPSA) is 20.3 Å². The number of anilines is 3. The van der Waals surface area contributed by atoms with Crippen molar-refractivity contribution in [2.45, 2.75) is 6.92 Å². The number of Topliss-reactive ketones (excluding diaryl/α,β-unsaturated/α-hetero) is 1. The average molecular weight is 420 g/mol. The molecular weight excluding hydrogens is 398 g/mol. The molecule has 5 rings (SSSR count). The van der Waals surface area contributed by atoms with Crippen LogP contribution in [0.5, 0.6) is 0 Å². The summed E-state index contributed by atoms with van der Waals surface area (Å²) in [6.07, 6.45) is 0. The van der Waals surface area contributed by atoms with E-state index in [1.807, 2.05) is 30.3 Å². The summed E-state index contributed by atoms with van der Waals surface area (Å²) in [6, 6.07) is 37.5. The number of para-hydroxylation sites is 1. The van der Waals surface area contributed by atoms with Gasteiger partial charge in [-0.25, -0.2) is 0 Å². The normalized spacial score (nSPS) is 10.9. The van der Waals surface area contributed by atoms with Gasteiger partial charge in [0.1, 0.15) is 5.00 Å². The fourth-order valence-electron chi connectivity index (χ4n) is 3.89.